The minimum absolute atomic E-state index is 0.233. The zero-order chi connectivity index (χ0) is 16.1. The van der Waals surface area contributed by atoms with Crippen LogP contribution in [0.5, 0.6) is 0 Å². The summed E-state index contributed by atoms with van der Waals surface area (Å²) < 4.78 is 5.28. The van der Waals surface area contributed by atoms with Crippen molar-refractivity contribution in [1.82, 2.24) is 0 Å². The third kappa shape index (κ3) is 3.47. The molecule has 0 amide bonds. The molecular weight excluding hydrogens is 306 g/mol. The largest absolute Gasteiger partial charge is 0.457 e. The average molecular weight is 319 g/mol. The van der Waals surface area contributed by atoms with E-state index in [2.05, 4.69) is 6.07 Å². The van der Waals surface area contributed by atoms with Gasteiger partial charge in [0.25, 0.3) is 0 Å². The predicted molar refractivity (Wildman–Crippen MR) is 90.0 cm³/mol. The molecule has 0 aliphatic rings. The quantitative estimate of drug-likeness (QED) is 0.658. The Bertz CT molecular complexity index is 846. The third-order valence-corrected chi connectivity index (χ3v) is 4.25. The number of nitrogens with zero attached hydrogens (tertiary/aromatic N) is 1. The van der Waals surface area contributed by atoms with Crippen molar-refractivity contribution in [2.75, 3.05) is 0 Å². The molecule has 0 unspecified atom stereocenters. The molecule has 0 fully saturated rings. The number of esters is 1. The van der Waals surface area contributed by atoms with Gasteiger partial charge in [0.1, 0.15) is 11.5 Å². The van der Waals surface area contributed by atoms with E-state index in [4.69, 9.17) is 10.00 Å². The molecule has 3 rings (SSSR count). The summed E-state index contributed by atoms with van der Waals surface area (Å²) in [4.78, 5) is 12.4. The molecule has 0 saturated carbocycles. The number of benzene rings is 2. The fourth-order valence-electron chi connectivity index (χ4n) is 2.23. The maximum Gasteiger partial charge on any atom is 0.348 e. The van der Waals surface area contributed by atoms with Crippen molar-refractivity contribution in [2.45, 2.75) is 6.61 Å². The van der Waals surface area contributed by atoms with Gasteiger partial charge < -0.3 is 4.74 Å². The highest BCUT2D eigenvalue weighted by molar-refractivity contribution is 7.11. The maximum atomic E-state index is 11.8. The summed E-state index contributed by atoms with van der Waals surface area (Å²) in [5, 5.41) is 11.0. The smallest absolute Gasteiger partial charge is 0.348 e. The van der Waals surface area contributed by atoms with Crippen LogP contribution in [0.25, 0.3) is 11.1 Å². The van der Waals surface area contributed by atoms with Crippen molar-refractivity contribution >= 4 is 17.3 Å². The van der Waals surface area contributed by atoms with Crippen molar-refractivity contribution in [1.29, 1.82) is 5.26 Å². The van der Waals surface area contributed by atoms with E-state index < -0.39 is 0 Å². The van der Waals surface area contributed by atoms with Crippen LogP contribution in [0.3, 0.4) is 0 Å². The van der Waals surface area contributed by atoms with Crippen molar-refractivity contribution in [3.63, 3.8) is 0 Å². The molecular formula is C19H13NO2S. The molecule has 0 radical (unpaired) electrons. The number of carbonyl (C=O) groups is 1. The van der Waals surface area contributed by atoms with Gasteiger partial charge in [-0.15, -0.1) is 11.3 Å². The second-order valence-electron chi connectivity index (χ2n) is 4.91. The molecule has 0 aliphatic heterocycles. The Morgan fingerprint density at radius 3 is 2.52 bits per heavy atom. The van der Waals surface area contributed by atoms with Crippen LogP contribution < -0.4 is 0 Å². The van der Waals surface area contributed by atoms with Gasteiger partial charge in [0.15, 0.2) is 0 Å². The first-order chi connectivity index (χ1) is 11.3. The van der Waals surface area contributed by atoms with E-state index in [0.717, 1.165) is 16.7 Å². The molecule has 4 heteroatoms. The Hall–Kier alpha value is -2.90. The topological polar surface area (TPSA) is 50.1 Å². The lowest BCUT2D eigenvalue weighted by atomic mass is 9.99. The minimum atomic E-state index is -0.307. The van der Waals surface area contributed by atoms with E-state index in [1.807, 2.05) is 53.9 Å². The highest BCUT2D eigenvalue weighted by Gasteiger charge is 2.08. The Morgan fingerprint density at radius 1 is 1.04 bits per heavy atom. The number of ether oxygens (including phenoxy) is 1. The van der Waals surface area contributed by atoms with E-state index in [1.54, 1.807) is 12.1 Å². The number of rotatable bonds is 4. The SMILES string of the molecule is N#Cc1ccccc1-c1ccc(COC(=O)c2cccs2)cc1. The van der Waals surface area contributed by atoms with E-state index in [0.29, 0.717) is 10.4 Å². The van der Waals surface area contributed by atoms with Crippen LogP contribution in [-0.4, -0.2) is 5.97 Å². The number of thiophene rings is 1. The molecule has 0 aliphatic carbocycles. The molecule has 0 spiro atoms. The van der Waals surface area contributed by atoms with Crippen LogP contribution in [0.4, 0.5) is 0 Å². The summed E-state index contributed by atoms with van der Waals surface area (Å²) in [6.07, 6.45) is 0. The van der Waals surface area contributed by atoms with Crippen LogP contribution in [0.1, 0.15) is 20.8 Å². The number of carbonyl (C=O) groups excluding carboxylic acids is 1. The Kier molecular flexibility index (Phi) is 4.51. The number of hydrogen-bond acceptors (Lipinski definition) is 4. The van der Waals surface area contributed by atoms with E-state index >= 15 is 0 Å². The fourth-order valence-corrected chi connectivity index (χ4v) is 2.84. The van der Waals surface area contributed by atoms with Crippen LogP contribution in [-0.2, 0) is 11.3 Å². The monoisotopic (exact) mass is 319 g/mol. The molecule has 2 aromatic carbocycles. The van der Waals surface area contributed by atoms with Gasteiger partial charge in [-0.25, -0.2) is 4.79 Å². The average Bonchev–Trinajstić information content (AvgIpc) is 3.15. The number of nitriles is 1. The molecule has 0 N–H and O–H groups in total. The lowest BCUT2D eigenvalue weighted by Gasteiger charge is -2.07. The summed E-state index contributed by atoms with van der Waals surface area (Å²) in [5.41, 5.74) is 3.42. The second kappa shape index (κ2) is 6.91. The zero-order valence-corrected chi connectivity index (χ0v) is 13.0. The summed E-state index contributed by atoms with van der Waals surface area (Å²) in [6, 6.07) is 20.9. The number of hydrogen-bond donors (Lipinski definition) is 0. The summed E-state index contributed by atoms with van der Waals surface area (Å²) in [6.45, 7) is 0.233. The van der Waals surface area contributed by atoms with E-state index in [1.165, 1.54) is 11.3 Å². The van der Waals surface area contributed by atoms with Crippen molar-refractivity contribution in [3.05, 3.63) is 82.0 Å². The Morgan fingerprint density at radius 2 is 1.83 bits per heavy atom. The lowest BCUT2D eigenvalue weighted by molar-refractivity contribution is 0.0478. The second-order valence-corrected chi connectivity index (χ2v) is 5.86. The molecule has 3 nitrogen and oxygen atoms in total. The normalized spacial score (nSPS) is 10.0. The molecule has 0 bridgehead atoms. The Balaban J connectivity index is 1.70. The molecule has 3 aromatic rings. The Labute approximate surface area is 138 Å². The lowest BCUT2D eigenvalue weighted by Crippen LogP contribution is -2.02. The maximum absolute atomic E-state index is 11.8. The first-order valence-corrected chi connectivity index (χ1v) is 7.95. The molecule has 23 heavy (non-hydrogen) atoms. The highest BCUT2D eigenvalue weighted by atomic mass is 32.1. The molecule has 0 saturated heterocycles. The van der Waals surface area contributed by atoms with E-state index in [9.17, 15) is 4.79 Å². The standard InChI is InChI=1S/C19H13NO2S/c20-12-16-4-1-2-5-17(16)15-9-7-14(8-10-15)13-22-19(21)18-6-3-11-23-18/h1-11H,13H2. The van der Waals surface area contributed by atoms with Gasteiger partial charge in [0.2, 0.25) is 0 Å². The summed E-state index contributed by atoms with van der Waals surface area (Å²) in [7, 11) is 0. The first kappa shape index (κ1) is 15.0. The summed E-state index contributed by atoms with van der Waals surface area (Å²) in [5.74, 6) is -0.307. The van der Waals surface area contributed by atoms with Gasteiger partial charge in [-0.3, -0.25) is 0 Å². The first-order valence-electron chi connectivity index (χ1n) is 7.07. The van der Waals surface area contributed by atoms with Crippen LogP contribution in [0.2, 0.25) is 0 Å². The van der Waals surface area contributed by atoms with Crippen LogP contribution >= 0.6 is 11.3 Å². The van der Waals surface area contributed by atoms with Crippen LogP contribution in [0.15, 0.2) is 66.0 Å². The van der Waals surface area contributed by atoms with Gasteiger partial charge in [-0.2, -0.15) is 5.26 Å². The highest BCUT2D eigenvalue weighted by Crippen LogP contribution is 2.23. The predicted octanol–water partition coefficient (Wildman–Crippen LogP) is 4.64. The fraction of sp³-hybridized carbons (Fsp3) is 0.0526. The molecule has 1 aromatic heterocycles. The molecule has 1 heterocycles. The van der Waals surface area contributed by atoms with E-state index in [-0.39, 0.29) is 12.6 Å². The van der Waals surface area contributed by atoms with Crippen LogP contribution in [0, 0.1) is 11.3 Å². The minimum Gasteiger partial charge on any atom is -0.457 e. The van der Waals surface area contributed by atoms with Gasteiger partial charge in [0.05, 0.1) is 11.6 Å². The van der Waals surface area contributed by atoms with Crippen molar-refractivity contribution in [3.8, 4) is 17.2 Å². The van der Waals surface area contributed by atoms with Gasteiger partial charge in [0, 0.05) is 0 Å². The van der Waals surface area contributed by atoms with Gasteiger partial charge in [-0.1, -0.05) is 48.5 Å². The van der Waals surface area contributed by atoms with Gasteiger partial charge >= 0.3 is 5.97 Å². The van der Waals surface area contributed by atoms with Crippen molar-refractivity contribution < 1.29 is 9.53 Å². The summed E-state index contributed by atoms with van der Waals surface area (Å²) >= 11 is 1.36. The zero-order valence-electron chi connectivity index (χ0n) is 12.2. The van der Waals surface area contributed by atoms with Gasteiger partial charge in [-0.05, 0) is 34.2 Å². The van der Waals surface area contributed by atoms with Crippen molar-refractivity contribution in [2.24, 2.45) is 0 Å². The molecule has 0 atom stereocenters. The third-order valence-electron chi connectivity index (χ3n) is 3.40. The molecule has 112 valence electrons.